The van der Waals surface area contributed by atoms with Crippen molar-refractivity contribution in [3.8, 4) is 0 Å². The van der Waals surface area contributed by atoms with Crippen LogP contribution >= 0.6 is 0 Å². The fraction of sp³-hybridized carbons (Fsp3) is 0.267. The van der Waals surface area contributed by atoms with Gasteiger partial charge in [-0.1, -0.05) is 58.1 Å². The van der Waals surface area contributed by atoms with Crippen LogP contribution in [-0.2, 0) is 25.2 Å². The molecule has 2 atom stereocenters. The molecular weight excluding hydrogens is 536 g/mol. The quantitative estimate of drug-likeness (QED) is 0.269. The van der Waals surface area contributed by atoms with Crippen LogP contribution in [0.1, 0.15) is 80.3 Å². The number of carbonyl (C=O) groups is 6. The maximum atomic E-state index is 13.3. The molecule has 0 saturated carbocycles. The first kappa shape index (κ1) is 28.9. The van der Waals surface area contributed by atoms with E-state index in [0.29, 0.717) is 11.1 Å². The van der Waals surface area contributed by atoms with Gasteiger partial charge in [-0.05, 0) is 41.0 Å². The number of ether oxygens (including phenoxy) is 1. The van der Waals surface area contributed by atoms with Gasteiger partial charge in [0.25, 0.3) is 0 Å². The predicted octanol–water partition coefficient (Wildman–Crippen LogP) is 3.92. The minimum atomic E-state index is -1.62. The summed E-state index contributed by atoms with van der Waals surface area (Å²) in [5, 5.41) is 38.0. The van der Waals surface area contributed by atoms with Crippen molar-refractivity contribution in [1.82, 2.24) is 0 Å². The van der Waals surface area contributed by atoms with E-state index in [1.807, 2.05) is 0 Å². The Balaban J connectivity index is 1.84. The standard InChI is InChI=1S/C30H26O11/c1-28(2,14-5-7-17(22(31)32)19(11-14)24(35)36)15-9-10-30(21(13-15)26(39)41-27(30)40)29(3,4)16-6-8-18(23(33)34)20(12-16)25(37)38/h5-13,21H,1-4H3,(H,31,32)(H,33,34)(H,35,36)(H,37,38). The molecule has 11 nitrogen and oxygen atoms in total. The van der Waals surface area contributed by atoms with Gasteiger partial charge in [-0.2, -0.15) is 0 Å². The lowest BCUT2D eigenvalue weighted by Gasteiger charge is -2.44. The molecule has 212 valence electrons. The third-order valence-corrected chi connectivity index (χ3v) is 8.31. The van der Waals surface area contributed by atoms with Crippen molar-refractivity contribution in [2.75, 3.05) is 0 Å². The summed E-state index contributed by atoms with van der Waals surface area (Å²) in [7, 11) is 0. The Labute approximate surface area is 233 Å². The Kier molecular flexibility index (Phi) is 6.74. The summed E-state index contributed by atoms with van der Waals surface area (Å²) in [6, 6.07) is 7.62. The van der Waals surface area contributed by atoms with Crippen LogP contribution in [0.3, 0.4) is 0 Å². The van der Waals surface area contributed by atoms with E-state index in [1.165, 1.54) is 36.4 Å². The van der Waals surface area contributed by atoms with E-state index < -0.39 is 74.7 Å². The molecule has 0 radical (unpaired) electrons. The van der Waals surface area contributed by atoms with Gasteiger partial charge in [-0.15, -0.1) is 0 Å². The Hall–Kier alpha value is -5.06. The average Bonchev–Trinajstić information content (AvgIpc) is 3.17. The molecule has 0 bridgehead atoms. The summed E-state index contributed by atoms with van der Waals surface area (Å²) in [4.78, 5) is 73.1. The number of hydrogen-bond acceptors (Lipinski definition) is 7. The van der Waals surface area contributed by atoms with E-state index >= 15 is 0 Å². The van der Waals surface area contributed by atoms with Gasteiger partial charge in [0.05, 0.1) is 28.2 Å². The fourth-order valence-electron chi connectivity index (χ4n) is 5.65. The van der Waals surface area contributed by atoms with Crippen LogP contribution in [0, 0.1) is 11.3 Å². The highest BCUT2D eigenvalue weighted by Crippen LogP contribution is 2.56. The maximum absolute atomic E-state index is 13.3. The molecule has 1 heterocycles. The molecule has 1 aliphatic carbocycles. The lowest BCUT2D eigenvalue weighted by molar-refractivity contribution is -0.155. The Bertz CT molecular complexity index is 1620. The largest absolute Gasteiger partial charge is 0.478 e. The van der Waals surface area contributed by atoms with Crippen LogP contribution in [-0.4, -0.2) is 56.2 Å². The lowest BCUT2D eigenvalue weighted by Crippen LogP contribution is -2.49. The molecule has 2 aromatic carbocycles. The number of benzene rings is 2. The molecule has 2 aliphatic rings. The van der Waals surface area contributed by atoms with Crippen molar-refractivity contribution in [2.24, 2.45) is 11.3 Å². The Morgan fingerprint density at radius 1 is 0.732 bits per heavy atom. The van der Waals surface area contributed by atoms with Crippen molar-refractivity contribution in [2.45, 2.75) is 38.5 Å². The van der Waals surface area contributed by atoms with Crippen molar-refractivity contribution < 1.29 is 53.9 Å². The number of hydrogen-bond donors (Lipinski definition) is 4. The normalized spacial score (nSPS) is 20.2. The van der Waals surface area contributed by atoms with Gasteiger partial charge in [0.15, 0.2) is 0 Å². The number of carboxylic acids is 4. The van der Waals surface area contributed by atoms with Gasteiger partial charge in [0, 0.05) is 10.8 Å². The summed E-state index contributed by atoms with van der Waals surface area (Å²) in [5.41, 5.74) is -4.32. The summed E-state index contributed by atoms with van der Waals surface area (Å²) < 4.78 is 5.09. The van der Waals surface area contributed by atoms with E-state index in [2.05, 4.69) is 0 Å². The summed E-state index contributed by atoms with van der Waals surface area (Å²) in [5.74, 6) is -8.59. The Morgan fingerprint density at radius 2 is 1.20 bits per heavy atom. The minimum absolute atomic E-state index is 0.285. The highest BCUT2D eigenvalue weighted by atomic mass is 16.6. The molecule has 4 rings (SSSR count). The van der Waals surface area contributed by atoms with Gasteiger partial charge in [-0.3, -0.25) is 9.59 Å². The van der Waals surface area contributed by atoms with Crippen LogP contribution in [0.15, 0.2) is 60.2 Å². The van der Waals surface area contributed by atoms with Gasteiger partial charge >= 0.3 is 35.8 Å². The molecular formula is C30H26O11. The second kappa shape index (κ2) is 9.54. The highest BCUT2D eigenvalue weighted by molar-refractivity contribution is 6.05. The van der Waals surface area contributed by atoms with E-state index in [1.54, 1.807) is 39.8 Å². The molecule has 1 fully saturated rings. The zero-order valence-corrected chi connectivity index (χ0v) is 22.4. The van der Waals surface area contributed by atoms with Gasteiger partial charge in [-0.25, -0.2) is 19.2 Å². The fourth-order valence-corrected chi connectivity index (χ4v) is 5.65. The number of esters is 2. The molecule has 0 spiro atoms. The molecule has 1 saturated heterocycles. The first-order valence-corrected chi connectivity index (χ1v) is 12.4. The summed E-state index contributed by atoms with van der Waals surface area (Å²) in [6.07, 6.45) is 4.66. The number of rotatable bonds is 8. The van der Waals surface area contributed by atoms with E-state index in [0.717, 1.165) is 6.07 Å². The summed E-state index contributed by atoms with van der Waals surface area (Å²) >= 11 is 0. The van der Waals surface area contributed by atoms with E-state index in [9.17, 15) is 49.2 Å². The van der Waals surface area contributed by atoms with Crippen LogP contribution in [0.4, 0.5) is 0 Å². The van der Waals surface area contributed by atoms with E-state index in [-0.39, 0.29) is 11.1 Å². The maximum Gasteiger partial charge on any atom is 0.336 e. The molecule has 2 unspecified atom stereocenters. The molecule has 4 N–H and O–H groups in total. The predicted molar refractivity (Wildman–Crippen MR) is 141 cm³/mol. The van der Waals surface area contributed by atoms with Crippen LogP contribution in [0.2, 0.25) is 0 Å². The molecule has 2 aromatic rings. The van der Waals surface area contributed by atoms with Crippen LogP contribution < -0.4 is 0 Å². The third-order valence-electron chi connectivity index (χ3n) is 8.31. The highest BCUT2D eigenvalue weighted by Gasteiger charge is 2.64. The molecule has 1 aliphatic heterocycles. The third kappa shape index (κ3) is 4.30. The lowest BCUT2D eigenvalue weighted by atomic mass is 9.54. The Morgan fingerprint density at radius 3 is 1.68 bits per heavy atom. The van der Waals surface area contributed by atoms with Gasteiger partial charge in [0.1, 0.15) is 5.41 Å². The van der Waals surface area contributed by atoms with Gasteiger partial charge < -0.3 is 25.2 Å². The van der Waals surface area contributed by atoms with Gasteiger partial charge in [0.2, 0.25) is 0 Å². The van der Waals surface area contributed by atoms with Crippen LogP contribution in [0.25, 0.3) is 0 Å². The van der Waals surface area contributed by atoms with Crippen molar-refractivity contribution in [3.05, 3.63) is 93.6 Å². The smallest absolute Gasteiger partial charge is 0.336 e. The number of allylic oxidation sites excluding steroid dienone is 2. The number of carboxylic acid groups (broad SMARTS) is 4. The molecule has 0 amide bonds. The number of aromatic carboxylic acids is 4. The van der Waals surface area contributed by atoms with Crippen molar-refractivity contribution in [3.63, 3.8) is 0 Å². The zero-order valence-electron chi connectivity index (χ0n) is 22.4. The first-order chi connectivity index (χ1) is 19.0. The first-order valence-electron chi connectivity index (χ1n) is 12.4. The monoisotopic (exact) mass is 562 g/mol. The average molecular weight is 563 g/mol. The topological polar surface area (TPSA) is 193 Å². The van der Waals surface area contributed by atoms with Crippen molar-refractivity contribution >= 4 is 35.8 Å². The number of cyclic esters (lactones) is 2. The summed E-state index contributed by atoms with van der Waals surface area (Å²) in [6.45, 7) is 6.74. The van der Waals surface area contributed by atoms with Crippen molar-refractivity contribution in [1.29, 1.82) is 0 Å². The minimum Gasteiger partial charge on any atom is -0.478 e. The number of fused-ring (bicyclic) bond motifs is 1. The molecule has 0 aromatic heterocycles. The SMILES string of the molecule is CC(C)(C1=CC2C(=O)OC(=O)C2(C(C)(C)c2ccc(C(=O)O)c(C(=O)O)c2)C=C1)c1ccc(C(=O)O)c(C(=O)O)c1. The zero-order chi connectivity index (χ0) is 30.7. The second-order valence-electron chi connectivity index (χ2n) is 11.0. The number of carbonyl (C=O) groups excluding carboxylic acids is 2. The second-order valence-corrected chi connectivity index (χ2v) is 11.0. The molecule has 41 heavy (non-hydrogen) atoms. The van der Waals surface area contributed by atoms with E-state index in [4.69, 9.17) is 4.74 Å². The molecule has 11 heteroatoms. The van der Waals surface area contributed by atoms with Crippen LogP contribution in [0.5, 0.6) is 0 Å².